The van der Waals surface area contributed by atoms with E-state index in [2.05, 4.69) is 4.90 Å². The minimum Gasteiger partial charge on any atom is -0.338 e. The summed E-state index contributed by atoms with van der Waals surface area (Å²) in [4.78, 5) is 29.5. The first-order chi connectivity index (χ1) is 16.1. The van der Waals surface area contributed by atoms with Crippen LogP contribution in [-0.4, -0.2) is 54.7 Å². The number of carbonyl (C=O) groups is 2. The van der Waals surface area contributed by atoms with Crippen LogP contribution in [0.1, 0.15) is 34.7 Å². The summed E-state index contributed by atoms with van der Waals surface area (Å²) in [6.07, 6.45) is 3.10. The van der Waals surface area contributed by atoms with Gasteiger partial charge in [0.1, 0.15) is 12.1 Å². The number of fused-ring (bicyclic) bond motifs is 1. The van der Waals surface area contributed by atoms with Crippen molar-refractivity contribution in [1.29, 1.82) is 0 Å². The quantitative estimate of drug-likeness (QED) is 0.534. The molecule has 3 aromatic carbocycles. The van der Waals surface area contributed by atoms with E-state index in [9.17, 15) is 14.0 Å². The number of hydrogen-bond acceptors (Lipinski definition) is 3. The summed E-state index contributed by atoms with van der Waals surface area (Å²) in [6, 6.07) is 20.6. The van der Waals surface area contributed by atoms with Crippen LogP contribution in [0.4, 0.5) is 4.39 Å². The van der Waals surface area contributed by atoms with Gasteiger partial charge < -0.3 is 14.6 Å². The van der Waals surface area contributed by atoms with Gasteiger partial charge in [0.2, 0.25) is 0 Å². The number of hydrogen-bond donors (Lipinski definition) is 0. The number of benzene rings is 3. The van der Waals surface area contributed by atoms with Crippen molar-refractivity contribution < 1.29 is 14.0 Å². The van der Waals surface area contributed by atoms with E-state index in [0.29, 0.717) is 24.6 Å². The summed E-state index contributed by atoms with van der Waals surface area (Å²) in [5.41, 5.74) is 1.91. The smallest absolute Gasteiger partial charge is 0.254 e. The second-order valence-corrected chi connectivity index (χ2v) is 9.42. The first-order valence-corrected chi connectivity index (χ1v) is 11.8. The Hall–Kier alpha value is -3.05. The molecule has 0 spiro atoms. The molecule has 3 aromatic rings. The molecule has 0 aliphatic carbocycles. The fourth-order valence-corrected chi connectivity index (χ4v) is 5.51. The van der Waals surface area contributed by atoms with Gasteiger partial charge in [0, 0.05) is 37.0 Å². The predicted molar refractivity (Wildman–Crippen MR) is 128 cm³/mol. The second-order valence-electron chi connectivity index (χ2n) is 9.42. The minimum absolute atomic E-state index is 0.0103. The summed E-state index contributed by atoms with van der Waals surface area (Å²) in [6.45, 7) is 3.85. The molecule has 5 rings (SSSR count). The lowest BCUT2D eigenvalue weighted by Crippen LogP contribution is -2.39. The van der Waals surface area contributed by atoms with E-state index < -0.39 is 0 Å². The molecule has 33 heavy (non-hydrogen) atoms. The summed E-state index contributed by atoms with van der Waals surface area (Å²) < 4.78 is 13.2. The maximum Gasteiger partial charge on any atom is 0.254 e. The molecule has 0 bridgehead atoms. The number of aldehydes is 1. The lowest BCUT2D eigenvalue weighted by molar-refractivity contribution is -0.111. The zero-order valence-corrected chi connectivity index (χ0v) is 18.7. The van der Waals surface area contributed by atoms with Crippen LogP contribution < -0.4 is 0 Å². The lowest BCUT2D eigenvalue weighted by atomic mass is 9.88. The standard InChI is InChI=1S/C28H29FN2O2/c29-25-10-8-20(9-11-25)21-12-14-30(15-13-21)16-23-17-31(18-24(23)19-32)28(33)27-7-3-5-22-4-1-2-6-26(22)27/h1-11,19,21,23-24H,12-18H2. The fraction of sp³-hybridized carbons (Fsp3) is 0.357. The number of carbonyl (C=O) groups excluding carboxylic acids is 2. The highest BCUT2D eigenvalue weighted by Crippen LogP contribution is 2.31. The zero-order chi connectivity index (χ0) is 22.8. The van der Waals surface area contributed by atoms with Crippen LogP contribution in [0.2, 0.25) is 0 Å². The van der Waals surface area contributed by atoms with Gasteiger partial charge in [0.15, 0.2) is 0 Å². The largest absolute Gasteiger partial charge is 0.338 e. The Balaban J connectivity index is 1.22. The first-order valence-electron chi connectivity index (χ1n) is 11.8. The molecule has 4 nitrogen and oxygen atoms in total. The van der Waals surface area contributed by atoms with Gasteiger partial charge in [0.05, 0.1) is 0 Å². The van der Waals surface area contributed by atoms with Crippen LogP contribution in [0.25, 0.3) is 10.8 Å². The van der Waals surface area contributed by atoms with Crippen molar-refractivity contribution in [2.75, 3.05) is 32.7 Å². The van der Waals surface area contributed by atoms with Crippen LogP contribution in [0.5, 0.6) is 0 Å². The van der Waals surface area contributed by atoms with Crippen molar-refractivity contribution in [3.63, 3.8) is 0 Å². The number of piperidine rings is 1. The predicted octanol–water partition coefficient (Wildman–Crippen LogP) is 4.75. The zero-order valence-electron chi connectivity index (χ0n) is 18.7. The van der Waals surface area contributed by atoms with Crippen LogP contribution >= 0.6 is 0 Å². The molecule has 2 aliphatic rings. The number of halogens is 1. The number of likely N-dealkylation sites (tertiary alicyclic amines) is 2. The van der Waals surface area contributed by atoms with Crippen LogP contribution in [0, 0.1) is 17.7 Å². The van der Waals surface area contributed by atoms with Crippen molar-refractivity contribution in [2.45, 2.75) is 18.8 Å². The molecule has 2 heterocycles. The molecule has 170 valence electrons. The number of nitrogens with zero attached hydrogens (tertiary/aromatic N) is 2. The van der Waals surface area contributed by atoms with Gasteiger partial charge in [0.25, 0.3) is 5.91 Å². The lowest BCUT2D eigenvalue weighted by Gasteiger charge is -2.34. The topological polar surface area (TPSA) is 40.6 Å². The van der Waals surface area contributed by atoms with Gasteiger partial charge in [-0.05, 0) is 66.4 Å². The molecule has 5 heteroatoms. The van der Waals surface area contributed by atoms with Crippen molar-refractivity contribution in [3.8, 4) is 0 Å². The van der Waals surface area contributed by atoms with E-state index in [1.807, 2.05) is 59.5 Å². The third-order valence-corrected chi connectivity index (χ3v) is 7.40. The maximum absolute atomic E-state index is 13.4. The average molecular weight is 445 g/mol. The first kappa shape index (κ1) is 21.8. The van der Waals surface area contributed by atoms with E-state index in [4.69, 9.17) is 0 Å². The molecule has 0 saturated carbocycles. The highest BCUT2D eigenvalue weighted by Gasteiger charge is 2.37. The molecular formula is C28H29FN2O2. The SMILES string of the molecule is O=CC1CN(C(=O)c2cccc3ccccc23)CC1CN1CCC(c2ccc(F)cc2)CC1. The molecule has 0 N–H and O–H groups in total. The number of rotatable bonds is 5. The molecule has 2 unspecified atom stereocenters. The third-order valence-electron chi connectivity index (χ3n) is 7.40. The van der Waals surface area contributed by atoms with Crippen molar-refractivity contribution in [3.05, 3.63) is 83.7 Å². The second kappa shape index (κ2) is 9.44. The van der Waals surface area contributed by atoms with Crippen molar-refractivity contribution in [2.24, 2.45) is 11.8 Å². The van der Waals surface area contributed by atoms with Gasteiger partial charge in [-0.3, -0.25) is 4.79 Å². The summed E-state index contributed by atoms with van der Waals surface area (Å²) in [5, 5.41) is 2.01. The monoisotopic (exact) mass is 444 g/mol. The van der Waals surface area contributed by atoms with Gasteiger partial charge in [-0.25, -0.2) is 4.39 Å². The van der Waals surface area contributed by atoms with Crippen LogP contribution in [-0.2, 0) is 4.79 Å². The number of amides is 1. The van der Waals surface area contributed by atoms with Crippen LogP contribution in [0.15, 0.2) is 66.7 Å². The van der Waals surface area contributed by atoms with Gasteiger partial charge in [-0.1, -0.05) is 48.5 Å². The van der Waals surface area contributed by atoms with E-state index in [0.717, 1.165) is 49.5 Å². The Morgan fingerprint density at radius 2 is 1.67 bits per heavy atom. The summed E-state index contributed by atoms with van der Waals surface area (Å²) in [5.74, 6) is 0.301. The minimum atomic E-state index is -0.195. The third kappa shape index (κ3) is 4.55. The normalized spacial score (nSPS) is 22.0. The van der Waals surface area contributed by atoms with Gasteiger partial charge in [-0.15, -0.1) is 0 Å². The molecule has 2 atom stereocenters. The van der Waals surface area contributed by atoms with Crippen LogP contribution in [0.3, 0.4) is 0 Å². The Morgan fingerprint density at radius 1 is 0.939 bits per heavy atom. The van der Waals surface area contributed by atoms with Gasteiger partial charge >= 0.3 is 0 Å². The molecule has 1 amide bonds. The van der Waals surface area contributed by atoms with E-state index in [1.165, 1.54) is 17.7 Å². The van der Waals surface area contributed by atoms with Crippen molar-refractivity contribution in [1.82, 2.24) is 9.80 Å². The van der Waals surface area contributed by atoms with Crippen molar-refractivity contribution >= 4 is 23.0 Å². The summed E-state index contributed by atoms with van der Waals surface area (Å²) >= 11 is 0. The van der Waals surface area contributed by atoms with E-state index >= 15 is 0 Å². The van der Waals surface area contributed by atoms with E-state index in [-0.39, 0.29) is 23.6 Å². The molecular weight excluding hydrogens is 415 g/mol. The highest BCUT2D eigenvalue weighted by atomic mass is 19.1. The molecule has 2 aliphatic heterocycles. The van der Waals surface area contributed by atoms with Gasteiger partial charge in [-0.2, -0.15) is 0 Å². The molecule has 2 saturated heterocycles. The molecule has 2 fully saturated rings. The van der Waals surface area contributed by atoms with E-state index in [1.54, 1.807) is 0 Å². The molecule has 0 radical (unpaired) electrons. The summed E-state index contributed by atoms with van der Waals surface area (Å²) in [7, 11) is 0. The Labute approximate surface area is 194 Å². The Bertz CT molecular complexity index is 1130. The maximum atomic E-state index is 13.4. The Morgan fingerprint density at radius 3 is 2.42 bits per heavy atom. The highest BCUT2D eigenvalue weighted by molar-refractivity contribution is 6.07. The molecule has 0 aromatic heterocycles. The average Bonchev–Trinajstić information content (AvgIpc) is 3.27. The fourth-order valence-electron chi connectivity index (χ4n) is 5.51. The Kier molecular flexibility index (Phi) is 6.23.